The first-order valence-electron chi connectivity index (χ1n) is 8.17. The topological polar surface area (TPSA) is 66.9 Å². The van der Waals surface area contributed by atoms with Gasteiger partial charge in [0.15, 0.2) is 0 Å². The summed E-state index contributed by atoms with van der Waals surface area (Å²) in [5, 5.41) is 6.59. The second-order valence-electron chi connectivity index (χ2n) is 6.18. The van der Waals surface area contributed by atoms with E-state index in [0.29, 0.717) is 28.0 Å². The van der Waals surface area contributed by atoms with Crippen molar-refractivity contribution in [1.82, 2.24) is 9.97 Å². The van der Waals surface area contributed by atoms with Gasteiger partial charge in [-0.05, 0) is 74.4 Å². The third kappa shape index (κ3) is 4.58. The molecule has 5 nitrogen and oxygen atoms in total. The number of halogens is 1. The minimum atomic E-state index is -0.304. The van der Waals surface area contributed by atoms with E-state index >= 15 is 0 Å². The van der Waals surface area contributed by atoms with E-state index in [1.165, 1.54) is 0 Å². The zero-order chi connectivity index (χ0) is 18.7. The molecule has 26 heavy (non-hydrogen) atoms. The summed E-state index contributed by atoms with van der Waals surface area (Å²) in [5.74, 6) is 0.0811. The van der Waals surface area contributed by atoms with E-state index < -0.39 is 0 Å². The second-order valence-corrected chi connectivity index (χ2v) is 6.62. The van der Waals surface area contributed by atoms with E-state index in [4.69, 9.17) is 11.6 Å². The van der Waals surface area contributed by atoms with Crippen LogP contribution in [0.25, 0.3) is 0 Å². The van der Waals surface area contributed by atoms with Gasteiger partial charge in [-0.25, -0.2) is 9.97 Å². The fraction of sp³-hybridized carbons (Fsp3) is 0.150. The molecule has 2 N–H and O–H groups in total. The van der Waals surface area contributed by atoms with Gasteiger partial charge >= 0.3 is 0 Å². The lowest BCUT2D eigenvalue weighted by Gasteiger charge is -2.10. The van der Waals surface area contributed by atoms with Crippen LogP contribution >= 0.6 is 11.6 Å². The predicted octanol–water partition coefficient (Wildman–Crippen LogP) is 5.05. The van der Waals surface area contributed by atoms with Crippen molar-refractivity contribution in [3.8, 4) is 0 Å². The van der Waals surface area contributed by atoms with Gasteiger partial charge in [0.25, 0.3) is 5.91 Å². The summed E-state index contributed by atoms with van der Waals surface area (Å²) >= 11 is 5.86. The van der Waals surface area contributed by atoms with Gasteiger partial charge in [-0.3, -0.25) is 4.79 Å². The molecule has 3 rings (SSSR count). The molecular weight excluding hydrogens is 348 g/mol. The van der Waals surface area contributed by atoms with Gasteiger partial charge in [0.1, 0.15) is 5.69 Å². The Bertz CT molecular complexity index is 934. The van der Waals surface area contributed by atoms with Crippen molar-refractivity contribution in [3.63, 3.8) is 0 Å². The molecule has 2 aromatic carbocycles. The van der Waals surface area contributed by atoms with E-state index in [-0.39, 0.29) is 5.91 Å². The highest BCUT2D eigenvalue weighted by atomic mass is 35.5. The smallest absolute Gasteiger partial charge is 0.274 e. The number of carbonyl (C=O) groups excluding carboxylic acids is 1. The van der Waals surface area contributed by atoms with Crippen molar-refractivity contribution in [2.75, 3.05) is 10.6 Å². The number of anilines is 3. The molecule has 6 heteroatoms. The van der Waals surface area contributed by atoms with Crippen LogP contribution in [0.15, 0.2) is 48.5 Å². The van der Waals surface area contributed by atoms with Crippen molar-refractivity contribution in [2.45, 2.75) is 20.8 Å². The highest BCUT2D eigenvalue weighted by Crippen LogP contribution is 2.19. The average Bonchev–Trinajstić information content (AvgIpc) is 2.55. The molecule has 1 amide bonds. The molecule has 0 bridgehead atoms. The molecule has 0 aliphatic carbocycles. The lowest BCUT2D eigenvalue weighted by molar-refractivity contribution is 0.102. The lowest BCUT2D eigenvalue weighted by atomic mass is 10.1. The maximum atomic E-state index is 12.5. The number of aryl methyl sites for hydroxylation is 3. The summed E-state index contributed by atoms with van der Waals surface area (Å²) in [6.45, 7) is 5.88. The quantitative estimate of drug-likeness (QED) is 0.678. The second kappa shape index (κ2) is 7.54. The van der Waals surface area contributed by atoms with Gasteiger partial charge in [0.05, 0.1) is 0 Å². The Morgan fingerprint density at radius 2 is 1.54 bits per heavy atom. The summed E-state index contributed by atoms with van der Waals surface area (Å²) in [5.41, 5.74) is 4.81. The number of rotatable bonds is 4. The van der Waals surface area contributed by atoms with Crippen molar-refractivity contribution >= 4 is 34.8 Å². The molecule has 0 aliphatic heterocycles. The van der Waals surface area contributed by atoms with E-state index in [1.807, 2.05) is 32.9 Å². The molecule has 0 saturated carbocycles. The van der Waals surface area contributed by atoms with E-state index in [0.717, 1.165) is 16.8 Å². The third-order valence-electron chi connectivity index (χ3n) is 3.67. The Hall–Kier alpha value is -2.92. The SMILES string of the molecule is Cc1cc(C)cc(Nc2nc(C)cc(C(=O)Nc3ccc(Cl)cc3)n2)c1. The molecule has 1 aromatic heterocycles. The maximum Gasteiger partial charge on any atom is 0.274 e. The van der Waals surface area contributed by atoms with Crippen LogP contribution in [0.5, 0.6) is 0 Å². The minimum Gasteiger partial charge on any atom is -0.324 e. The van der Waals surface area contributed by atoms with Gasteiger partial charge in [0, 0.05) is 22.1 Å². The number of benzene rings is 2. The number of carbonyl (C=O) groups is 1. The normalized spacial score (nSPS) is 10.5. The Morgan fingerprint density at radius 1 is 0.885 bits per heavy atom. The number of hydrogen-bond donors (Lipinski definition) is 2. The fourth-order valence-electron chi connectivity index (χ4n) is 2.65. The number of hydrogen-bond acceptors (Lipinski definition) is 4. The van der Waals surface area contributed by atoms with Crippen LogP contribution in [0, 0.1) is 20.8 Å². The van der Waals surface area contributed by atoms with Crippen LogP contribution in [0.1, 0.15) is 27.3 Å². The monoisotopic (exact) mass is 366 g/mol. The number of aromatic nitrogens is 2. The summed E-state index contributed by atoms with van der Waals surface area (Å²) < 4.78 is 0. The van der Waals surface area contributed by atoms with Crippen LogP contribution in [-0.2, 0) is 0 Å². The lowest BCUT2D eigenvalue weighted by Crippen LogP contribution is -2.15. The molecule has 132 valence electrons. The van der Waals surface area contributed by atoms with E-state index in [2.05, 4.69) is 26.7 Å². The first kappa shape index (κ1) is 17.9. The van der Waals surface area contributed by atoms with Gasteiger partial charge < -0.3 is 10.6 Å². The number of nitrogens with zero attached hydrogens (tertiary/aromatic N) is 2. The summed E-state index contributed by atoms with van der Waals surface area (Å²) in [4.78, 5) is 21.2. The maximum absolute atomic E-state index is 12.5. The molecule has 0 fully saturated rings. The Morgan fingerprint density at radius 3 is 2.19 bits per heavy atom. The number of nitrogens with one attached hydrogen (secondary N) is 2. The number of amides is 1. The van der Waals surface area contributed by atoms with Gasteiger partial charge in [0.2, 0.25) is 5.95 Å². The zero-order valence-electron chi connectivity index (χ0n) is 14.8. The summed E-state index contributed by atoms with van der Waals surface area (Å²) in [7, 11) is 0. The highest BCUT2D eigenvalue weighted by Gasteiger charge is 2.11. The van der Waals surface area contributed by atoms with Crippen LogP contribution < -0.4 is 10.6 Å². The third-order valence-corrected chi connectivity index (χ3v) is 3.92. The fourth-order valence-corrected chi connectivity index (χ4v) is 2.77. The standard InChI is InChI=1S/C20H19ClN4O/c1-12-8-13(2)10-17(9-12)24-20-22-14(3)11-18(25-20)19(26)23-16-6-4-15(21)5-7-16/h4-11H,1-3H3,(H,23,26)(H,22,24,25). The predicted molar refractivity (Wildman–Crippen MR) is 105 cm³/mol. The first-order chi connectivity index (χ1) is 12.4. The van der Waals surface area contributed by atoms with Crippen LogP contribution in [-0.4, -0.2) is 15.9 Å². The van der Waals surface area contributed by atoms with Crippen molar-refractivity contribution < 1.29 is 4.79 Å². The molecule has 1 heterocycles. The summed E-state index contributed by atoms with van der Waals surface area (Å²) in [6.07, 6.45) is 0. The van der Waals surface area contributed by atoms with Crippen LogP contribution in [0.3, 0.4) is 0 Å². The molecule has 0 saturated heterocycles. The Kier molecular flexibility index (Phi) is 5.19. The van der Waals surface area contributed by atoms with Crippen molar-refractivity contribution in [2.24, 2.45) is 0 Å². The molecule has 0 aliphatic rings. The van der Waals surface area contributed by atoms with Crippen molar-refractivity contribution in [1.29, 1.82) is 0 Å². The first-order valence-corrected chi connectivity index (χ1v) is 8.55. The molecule has 0 spiro atoms. The minimum absolute atomic E-state index is 0.291. The zero-order valence-corrected chi connectivity index (χ0v) is 15.6. The summed E-state index contributed by atoms with van der Waals surface area (Å²) in [6, 6.07) is 14.7. The van der Waals surface area contributed by atoms with E-state index in [1.54, 1.807) is 30.3 Å². The molecule has 0 unspecified atom stereocenters. The largest absolute Gasteiger partial charge is 0.324 e. The molecular formula is C20H19ClN4O. The van der Waals surface area contributed by atoms with Crippen LogP contribution in [0.2, 0.25) is 5.02 Å². The van der Waals surface area contributed by atoms with Gasteiger partial charge in [-0.2, -0.15) is 0 Å². The highest BCUT2D eigenvalue weighted by molar-refractivity contribution is 6.30. The van der Waals surface area contributed by atoms with E-state index in [9.17, 15) is 4.79 Å². The molecule has 0 radical (unpaired) electrons. The Labute approximate surface area is 157 Å². The van der Waals surface area contributed by atoms with Crippen LogP contribution in [0.4, 0.5) is 17.3 Å². The van der Waals surface area contributed by atoms with Gasteiger partial charge in [-0.15, -0.1) is 0 Å². The van der Waals surface area contributed by atoms with Crippen molar-refractivity contribution in [3.05, 3.63) is 76.1 Å². The Balaban J connectivity index is 1.82. The molecule has 3 aromatic rings. The van der Waals surface area contributed by atoms with Gasteiger partial charge in [-0.1, -0.05) is 17.7 Å². The molecule has 0 atom stereocenters. The average molecular weight is 367 g/mol.